The van der Waals surface area contributed by atoms with E-state index in [2.05, 4.69) is 38.2 Å². The summed E-state index contributed by atoms with van der Waals surface area (Å²) in [6, 6.07) is 0. The van der Waals surface area contributed by atoms with Crippen molar-refractivity contribution in [1.29, 1.82) is 0 Å². The Morgan fingerprint density at radius 1 is 0.516 bits per heavy atom. The molecule has 0 amide bonds. The molecule has 178 valence electrons. The number of carbonyl (C=O) groups is 2. The van der Waals surface area contributed by atoms with Crippen molar-refractivity contribution in [2.75, 3.05) is 0 Å². The first-order valence-corrected chi connectivity index (χ1v) is 12.3. The predicted octanol–water partition coefficient (Wildman–Crippen LogP) is 8.31. The largest absolute Gasteiger partial charge is 0.481 e. The first-order chi connectivity index (χ1) is 14.5. The van der Waals surface area contributed by atoms with Gasteiger partial charge in [-0.25, -0.2) is 0 Å². The maximum Gasteiger partial charge on any atom is 0.303 e. The van der Waals surface area contributed by atoms with Crippen LogP contribution in [0.5, 0.6) is 0 Å². The molecule has 5 heteroatoms. The fraction of sp³-hybridized carbons (Fsp3) is 0.769. The average Bonchev–Trinajstić information content (AvgIpc) is 2.71. The van der Waals surface area contributed by atoms with Gasteiger partial charge in [-0.05, 0) is 64.2 Å². The molecule has 0 aromatic carbocycles. The molecule has 0 aromatic heterocycles. The molecule has 0 aliphatic carbocycles. The number of carboxylic acid groups (broad SMARTS) is 2. The van der Waals surface area contributed by atoms with Crippen LogP contribution in [0.4, 0.5) is 0 Å². The molecule has 2 N–H and O–H groups in total. The number of hydrogen-bond acceptors (Lipinski definition) is 2. The summed E-state index contributed by atoms with van der Waals surface area (Å²) in [6.07, 6.45) is 28.0. The molecule has 0 fully saturated rings. The van der Waals surface area contributed by atoms with Crippen molar-refractivity contribution in [3.63, 3.8) is 0 Å². The summed E-state index contributed by atoms with van der Waals surface area (Å²) in [7, 11) is 0. The Morgan fingerprint density at radius 2 is 0.806 bits per heavy atom. The van der Waals surface area contributed by atoms with Crippen LogP contribution in [0.15, 0.2) is 24.3 Å². The Kier molecular flexibility index (Phi) is 34.9. The minimum absolute atomic E-state index is 0. The minimum Gasteiger partial charge on any atom is -0.481 e. The molecule has 0 spiro atoms. The van der Waals surface area contributed by atoms with E-state index in [1.54, 1.807) is 0 Å². The summed E-state index contributed by atoms with van der Waals surface area (Å²) in [5.41, 5.74) is 0. The van der Waals surface area contributed by atoms with E-state index in [4.69, 9.17) is 10.2 Å². The van der Waals surface area contributed by atoms with E-state index >= 15 is 0 Å². The Labute approximate surface area is 204 Å². The van der Waals surface area contributed by atoms with Crippen molar-refractivity contribution < 1.29 is 39.3 Å². The van der Waals surface area contributed by atoms with E-state index in [0.29, 0.717) is 12.8 Å². The molecule has 4 nitrogen and oxygen atoms in total. The van der Waals surface area contributed by atoms with Crippen molar-refractivity contribution >= 4 is 11.9 Å². The third-order valence-electron chi connectivity index (χ3n) is 4.80. The first kappa shape index (κ1) is 34.7. The van der Waals surface area contributed by atoms with Crippen LogP contribution in [0, 0.1) is 0 Å². The van der Waals surface area contributed by atoms with Crippen LogP contribution in [0.1, 0.15) is 129 Å². The van der Waals surface area contributed by atoms with Gasteiger partial charge in [0.15, 0.2) is 0 Å². The van der Waals surface area contributed by atoms with Gasteiger partial charge in [-0.3, -0.25) is 9.59 Å². The monoisotopic (exact) mass is 488 g/mol. The summed E-state index contributed by atoms with van der Waals surface area (Å²) >= 11 is 0. The first-order valence-electron chi connectivity index (χ1n) is 12.3. The van der Waals surface area contributed by atoms with Crippen LogP contribution >= 0.6 is 0 Å². The summed E-state index contributed by atoms with van der Waals surface area (Å²) in [6.45, 7) is 4.43. The molecule has 0 saturated heterocycles. The standard InChI is InChI=1S/2C13H24O2.Zn/c2*1-2-3-4-5-6-7-8-9-10-11-12-13(14)15;/h2*6-7H,2-5,8-12H2,1H3,(H,14,15);. The van der Waals surface area contributed by atoms with E-state index < -0.39 is 11.9 Å². The maximum absolute atomic E-state index is 10.2. The van der Waals surface area contributed by atoms with Gasteiger partial charge in [-0.15, -0.1) is 0 Å². The molecule has 0 atom stereocenters. The summed E-state index contributed by atoms with van der Waals surface area (Å²) in [4.78, 5) is 20.4. The van der Waals surface area contributed by atoms with Crippen molar-refractivity contribution in [3.05, 3.63) is 24.3 Å². The van der Waals surface area contributed by atoms with Crippen molar-refractivity contribution in [2.24, 2.45) is 0 Å². The number of allylic oxidation sites excluding steroid dienone is 4. The molecule has 0 rings (SSSR count). The van der Waals surface area contributed by atoms with Crippen LogP contribution in [0.3, 0.4) is 0 Å². The molecule has 31 heavy (non-hydrogen) atoms. The van der Waals surface area contributed by atoms with Crippen LogP contribution in [0.2, 0.25) is 0 Å². The van der Waals surface area contributed by atoms with Crippen LogP contribution in [0.25, 0.3) is 0 Å². The van der Waals surface area contributed by atoms with E-state index in [9.17, 15) is 9.59 Å². The van der Waals surface area contributed by atoms with E-state index in [1.165, 1.54) is 51.4 Å². The molecule has 0 aliphatic heterocycles. The zero-order valence-corrected chi connectivity index (χ0v) is 23.4. The number of unbranched alkanes of at least 4 members (excludes halogenated alkanes) is 12. The molecule has 0 radical (unpaired) electrons. The smallest absolute Gasteiger partial charge is 0.303 e. The van der Waals surface area contributed by atoms with Crippen LogP contribution < -0.4 is 0 Å². The molecular weight excluding hydrogens is 442 g/mol. The van der Waals surface area contributed by atoms with Gasteiger partial charge in [-0.2, -0.15) is 0 Å². The van der Waals surface area contributed by atoms with Gasteiger partial charge in [0, 0.05) is 32.3 Å². The van der Waals surface area contributed by atoms with Crippen LogP contribution in [-0.4, -0.2) is 22.2 Å². The molecule has 0 unspecified atom stereocenters. The van der Waals surface area contributed by atoms with Gasteiger partial charge in [-0.1, -0.05) is 76.7 Å². The van der Waals surface area contributed by atoms with Gasteiger partial charge in [0.2, 0.25) is 0 Å². The molecule has 0 aromatic rings. The predicted molar refractivity (Wildman–Crippen MR) is 128 cm³/mol. The maximum atomic E-state index is 10.2. The van der Waals surface area contributed by atoms with Crippen molar-refractivity contribution in [1.82, 2.24) is 0 Å². The van der Waals surface area contributed by atoms with Crippen molar-refractivity contribution in [2.45, 2.75) is 129 Å². The fourth-order valence-corrected chi connectivity index (χ4v) is 2.93. The second kappa shape index (κ2) is 31.2. The van der Waals surface area contributed by atoms with E-state index in [0.717, 1.165) is 51.4 Å². The number of hydrogen-bond donors (Lipinski definition) is 2. The zero-order valence-electron chi connectivity index (χ0n) is 20.5. The van der Waals surface area contributed by atoms with Crippen LogP contribution in [-0.2, 0) is 29.1 Å². The number of aliphatic carboxylic acids is 2. The Hall–Kier alpha value is -0.957. The minimum atomic E-state index is -0.676. The quantitative estimate of drug-likeness (QED) is 0.102. The van der Waals surface area contributed by atoms with Crippen molar-refractivity contribution in [3.8, 4) is 0 Å². The van der Waals surface area contributed by atoms with Gasteiger partial charge in [0.1, 0.15) is 0 Å². The average molecular weight is 490 g/mol. The molecule has 0 bridgehead atoms. The second-order valence-corrected chi connectivity index (χ2v) is 7.92. The number of carboxylic acids is 2. The molecule has 0 saturated carbocycles. The Morgan fingerprint density at radius 3 is 1.06 bits per heavy atom. The normalized spacial score (nSPS) is 10.6. The summed E-state index contributed by atoms with van der Waals surface area (Å²) in [5.74, 6) is -1.35. The zero-order chi connectivity index (χ0) is 22.7. The topological polar surface area (TPSA) is 74.6 Å². The third kappa shape index (κ3) is 40.0. The third-order valence-corrected chi connectivity index (χ3v) is 4.80. The Balaban J connectivity index is -0.000000490. The fourth-order valence-electron chi connectivity index (χ4n) is 2.93. The van der Waals surface area contributed by atoms with Gasteiger partial charge < -0.3 is 10.2 Å². The van der Waals surface area contributed by atoms with Gasteiger partial charge in [0.25, 0.3) is 0 Å². The Bertz CT molecular complexity index is 393. The SMILES string of the molecule is CCCCCC=CCCCCCC(=O)O.CCCCCC=CCCCCCC(=O)O.[Zn]. The molecule has 0 aliphatic rings. The second-order valence-electron chi connectivity index (χ2n) is 7.92. The number of rotatable bonds is 20. The molecule has 0 heterocycles. The van der Waals surface area contributed by atoms with E-state index in [-0.39, 0.29) is 19.5 Å². The van der Waals surface area contributed by atoms with Gasteiger partial charge in [0.05, 0.1) is 0 Å². The summed E-state index contributed by atoms with van der Waals surface area (Å²) < 4.78 is 0. The van der Waals surface area contributed by atoms with E-state index in [1.807, 2.05) is 0 Å². The van der Waals surface area contributed by atoms with Gasteiger partial charge >= 0.3 is 11.9 Å². The summed E-state index contributed by atoms with van der Waals surface area (Å²) in [5, 5.41) is 16.8. The molecular formula is C26H48O4Zn.